The Morgan fingerprint density at radius 1 is 1.77 bits per heavy atom. The zero-order valence-corrected chi connectivity index (χ0v) is 8.09. The lowest BCUT2D eigenvalue weighted by atomic mass is 10.4. The molecule has 0 aromatic carbocycles. The van der Waals surface area contributed by atoms with Crippen molar-refractivity contribution in [2.24, 2.45) is 0 Å². The van der Waals surface area contributed by atoms with Gasteiger partial charge >= 0.3 is 12.5 Å². The zero-order valence-electron chi connectivity index (χ0n) is 6.50. The van der Waals surface area contributed by atoms with E-state index < -0.39 is 12.5 Å². The summed E-state index contributed by atoms with van der Waals surface area (Å²) in [7, 11) is 1.11. The first kappa shape index (κ1) is 10.1. The third-order valence-electron chi connectivity index (χ3n) is 1.31. The first-order valence-electron chi connectivity index (χ1n) is 3.17. The first-order chi connectivity index (χ1) is 6.07. The SMILES string of the molecule is COC(=O)c1c(Br)cnn1C(F)F. The first-order valence-corrected chi connectivity index (χ1v) is 3.96. The molecule has 0 saturated carbocycles. The molecule has 1 rings (SSSR count). The molecule has 0 fully saturated rings. The van der Waals surface area contributed by atoms with Crippen LogP contribution in [-0.4, -0.2) is 22.9 Å². The Morgan fingerprint density at radius 2 is 2.38 bits per heavy atom. The minimum Gasteiger partial charge on any atom is -0.464 e. The highest BCUT2D eigenvalue weighted by Crippen LogP contribution is 2.21. The van der Waals surface area contributed by atoms with Gasteiger partial charge in [-0.2, -0.15) is 18.6 Å². The molecule has 72 valence electrons. The lowest BCUT2D eigenvalue weighted by molar-refractivity contribution is 0.0396. The van der Waals surface area contributed by atoms with Gasteiger partial charge in [-0.05, 0) is 15.9 Å². The molecule has 0 spiro atoms. The van der Waals surface area contributed by atoms with E-state index in [1.165, 1.54) is 0 Å². The Bertz CT molecular complexity index is 326. The lowest BCUT2D eigenvalue weighted by Crippen LogP contribution is -2.12. The maximum atomic E-state index is 12.2. The average molecular weight is 255 g/mol. The number of hydrogen-bond acceptors (Lipinski definition) is 3. The van der Waals surface area contributed by atoms with Crippen molar-refractivity contribution in [3.8, 4) is 0 Å². The number of carbonyl (C=O) groups excluding carboxylic acids is 1. The average Bonchev–Trinajstić information content (AvgIpc) is 2.46. The second-order valence-electron chi connectivity index (χ2n) is 2.05. The monoisotopic (exact) mass is 254 g/mol. The lowest BCUT2D eigenvalue weighted by Gasteiger charge is -2.03. The van der Waals surface area contributed by atoms with Crippen molar-refractivity contribution in [2.75, 3.05) is 7.11 Å². The van der Waals surface area contributed by atoms with Crippen LogP contribution in [0.4, 0.5) is 8.78 Å². The molecular weight excluding hydrogens is 250 g/mol. The van der Waals surface area contributed by atoms with E-state index in [1.807, 2.05) is 0 Å². The summed E-state index contributed by atoms with van der Waals surface area (Å²) in [5, 5.41) is 3.30. The van der Waals surface area contributed by atoms with Crippen LogP contribution in [0.25, 0.3) is 0 Å². The van der Waals surface area contributed by atoms with Crippen molar-refractivity contribution in [1.82, 2.24) is 9.78 Å². The molecule has 0 atom stereocenters. The second kappa shape index (κ2) is 3.82. The number of carbonyl (C=O) groups is 1. The molecule has 13 heavy (non-hydrogen) atoms. The molecule has 0 amide bonds. The van der Waals surface area contributed by atoms with E-state index in [0.717, 1.165) is 13.3 Å². The molecule has 1 heterocycles. The van der Waals surface area contributed by atoms with E-state index in [-0.39, 0.29) is 14.8 Å². The number of esters is 1. The van der Waals surface area contributed by atoms with Gasteiger partial charge in [-0.1, -0.05) is 0 Å². The van der Waals surface area contributed by atoms with E-state index in [4.69, 9.17) is 0 Å². The van der Waals surface area contributed by atoms with Crippen LogP contribution in [0.1, 0.15) is 17.0 Å². The molecule has 1 aromatic heterocycles. The molecule has 0 aliphatic carbocycles. The fourth-order valence-electron chi connectivity index (χ4n) is 0.777. The summed E-state index contributed by atoms with van der Waals surface area (Å²) in [6.45, 7) is -2.86. The fourth-order valence-corrected chi connectivity index (χ4v) is 1.21. The maximum Gasteiger partial charge on any atom is 0.357 e. The molecular formula is C6H5BrF2N2O2. The Morgan fingerprint density at radius 3 is 2.85 bits per heavy atom. The number of hydrogen-bond donors (Lipinski definition) is 0. The molecule has 0 bridgehead atoms. The topological polar surface area (TPSA) is 44.1 Å². The van der Waals surface area contributed by atoms with Gasteiger partial charge in [0.2, 0.25) is 0 Å². The highest BCUT2D eigenvalue weighted by atomic mass is 79.9. The highest BCUT2D eigenvalue weighted by Gasteiger charge is 2.22. The predicted octanol–water partition coefficient (Wildman–Crippen LogP) is 1.83. The van der Waals surface area contributed by atoms with Crippen LogP contribution in [-0.2, 0) is 4.74 Å². The summed E-state index contributed by atoms with van der Waals surface area (Å²) in [5.74, 6) is -0.857. The smallest absolute Gasteiger partial charge is 0.357 e. The van der Waals surface area contributed by atoms with Crippen LogP contribution in [0.5, 0.6) is 0 Å². The number of halogens is 3. The number of methoxy groups -OCH3 is 1. The molecule has 0 saturated heterocycles. The maximum absolute atomic E-state index is 12.2. The van der Waals surface area contributed by atoms with Crippen molar-refractivity contribution < 1.29 is 18.3 Å². The van der Waals surface area contributed by atoms with E-state index in [0.29, 0.717) is 0 Å². The van der Waals surface area contributed by atoms with Gasteiger partial charge in [0.25, 0.3) is 0 Å². The quantitative estimate of drug-likeness (QED) is 0.757. The number of alkyl halides is 2. The van der Waals surface area contributed by atoms with Crippen molar-refractivity contribution in [1.29, 1.82) is 0 Å². The van der Waals surface area contributed by atoms with Gasteiger partial charge in [0.05, 0.1) is 17.8 Å². The number of aromatic nitrogens is 2. The Labute approximate surface area is 80.6 Å². The summed E-state index contributed by atoms with van der Waals surface area (Å²) in [4.78, 5) is 11.0. The zero-order chi connectivity index (χ0) is 10.0. The largest absolute Gasteiger partial charge is 0.464 e. The standard InChI is InChI=1S/C6H5BrF2N2O2/c1-13-5(12)4-3(7)2-10-11(4)6(8)9/h2,6H,1H3. The van der Waals surface area contributed by atoms with Gasteiger partial charge in [0.15, 0.2) is 5.69 Å². The van der Waals surface area contributed by atoms with Crippen molar-refractivity contribution in [2.45, 2.75) is 6.55 Å². The van der Waals surface area contributed by atoms with Crippen LogP contribution in [0.2, 0.25) is 0 Å². The van der Waals surface area contributed by atoms with E-state index >= 15 is 0 Å². The molecule has 0 aliphatic heterocycles. The van der Waals surface area contributed by atoms with Gasteiger partial charge in [-0.3, -0.25) is 0 Å². The highest BCUT2D eigenvalue weighted by molar-refractivity contribution is 9.10. The Balaban J connectivity index is 3.16. The summed E-state index contributed by atoms with van der Waals surface area (Å²) in [5.41, 5.74) is -0.294. The normalized spacial score (nSPS) is 10.5. The van der Waals surface area contributed by atoms with Crippen molar-refractivity contribution in [3.05, 3.63) is 16.4 Å². The van der Waals surface area contributed by atoms with Crippen LogP contribution in [0.15, 0.2) is 10.7 Å². The summed E-state index contributed by atoms with van der Waals surface area (Å²) < 4.78 is 29.2. The summed E-state index contributed by atoms with van der Waals surface area (Å²) >= 11 is 2.91. The molecule has 4 nitrogen and oxygen atoms in total. The summed E-state index contributed by atoms with van der Waals surface area (Å²) in [6.07, 6.45) is 1.11. The molecule has 0 radical (unpaired) electrons. The third-order valence-corrected chi connectivity index (χ3v) is 1.89. The number of ether oxygens (including phenoxy) is 1. The number of nitrogens with zero attached hydrogens (tertiary/aromatic N) is 2. The van der Waals surface area contributed by atoms with Gasteiger partial charge < -0.3 is 4.74 Å². The van der Waals surface area contributed by atoms with Gasteiger partial charge in [0, 0.05) is 0 Å². The minimum absolute atomic E-state index is 0.180. The number of rotatable bonds is 2. The molecule has 0 N–H and O–H groups in total. The predicted molar refractivity (Wildman–Crippen MR) is 42.5 cm³/mol. The van der Waals surface area contributed by atoms with Crippen LogP contribution < -0.4 is 0 Å². The molecule has 0 unspecified atom stereocenters. The van der Waals surface area contributed by atoms with Gasteiger partial charge in [-0.15, -0.1) is 0 Å². The van der Waals surface area contributed by atoms with Gasteiger partial charge in [0.1, 0.15) is 0 Å². The Kier molecular flexibility index (Phi) is 2.97. The van der Waals surface area contributed by atoms with Crippen molar-refractivity contribution >= 4 is 21.9 Å². The van der Waals surface area contributed by atoms with Crippen LogP contribution in [0, 0.1) is 0 Å². The van der Waals surface area contributed by atoms with Crippen LogP contribution in [0.3, 0.4) is 0 Å². The molecule has 1 aromatic rings. The van der Waals surface area contributed by atoms with Crippen LogP contribution >= 0.6 is 15.9 Å². The van der Waals surface area contributed by atoms with E-state index in [1.54, 1.807) is 0 Å². The van der Waals surface area contributed by atoms with E-state index in [2.05, 4.69) is 25.8 Å². The van der Waals surface area contributed by atoms with Gasteiger partial charge in [-0.25, -0.2) is 4.79 Å². The summed E-state index contributed by atoms with van der Waals surface area (Å²) in [6, 6.07) is 0. The second-order valence-corrected chi connectivity index (χ2v) is 2.91. The van der Waals surface area contributed by atoms with Crippen molar-refractivity contribution in [3.63, 3.8) is 0 Å². The third kappa shape index (κ3) is 1.85. The fraction of sp³-hybridized carbons (Fsp3) is 0.333. The molecule has 7 heteroatoms. The van der Waals surface area contributed by atoms with E-state index in [9.17, 15) is 13.6 Å². The Hall–Kier alpha value is -0.980. The minimum atomic E-state index is -2.86. The molecule has 0 aliphatic rings.